The Bertz CT molecular complexity index is 997. The maximum atomic E-state index is 11.4. The van der Waals surface area contributed by atoms with Crippen molar-refractivity contribution in [2.24, 2.45) is 5.73 Å². The predicted octanol–water partition coefficient (Wildman–Crippen LogP) is 2.83. The van der Waals surface area contributed by atoms with Crippen LogP contribution in [0.15, 0.2) is 55.0 Å². The molecule has 8 nitrogen and oxygen atoms in total. The van der Waals surface area contributed by atoms with Crippen LogP contribution >= 0.6 is 0 Å². The highest BCUT2D eigenvalue weighted by molar-refractivity contribution is 5.82. The molecule has 28 heavy (non-hydrogen) atoms. The van der Waals surface area contributed by atoms with E-state index in [-0.39, 0.29) is 5.69 Å². The van der Waals surface area contributed by atoms with E-state index in [1.54, 1.807) is 12.4 Å². The van der Waals surface area contributed by atoms with Gasteiger partial charge in [0.1, 0.15) is 17.9 Å². The Kier molecular flexibility index (Phi) is 5.77. The number of hydrogen-bond donors (Lipinski definition) is 3. The SMILES string of the molecule is CCC(Nc1cnc(C#N)c(Nc2ccc(-c3ccncc3)cc2)n1)C(N)=O. The number of nitrogens with zero attached hydrogens (tertiary/aromatic N) is 4. The number of carbonyl (C=O) groups is 1. The molecule has 0 spiro atoms. The van der Waals surface area contributed by atoms with Gasteiger partial charge in [-0.25, -0.2) is 9.97 Å². The zero-order valence-electron chi connectivity index (χ0n) is 15.3. The van der Waals surface area contributed by atoms with Gasteiger partial charge in [0.2, 0.25) is 5.91 Å². The molecule has 0 aliphatic heterocycles. The summed E-state index contributed by atoms with van der Waals surface area (Å²) in [6, 6.07) is 13.0. The van der Waals surface area contributed by atoms with Gasteiger partial charge in [0.15, 0.2) is 11.5 Å². The highest BCUT2D eigenvalue weighted by Crippen LogP contribution is 2.23. The zero-order valence-corrected chi connectivity index (χ0v) is 15.3. The summed E-state index contributed by atoms with van der Waals surface area (Å²) in [5.74, 6) is 0.180. The lowest BCUT2D eigenvalue weighted by Crippen LogP contribution is -2.35. The minimum Gasteiger partial charge on any atom is -0.368 e. The fourth-order valence-electron chi connectivity index (χ4n) is 2.61. The molecule has 1 atom stereocenters. The highest BCUT2D eigenvalue weighted by atomic mass is 16.1. The molecule has 2 heterocycles. The van der Waals surface area contributed by atoms with E-state index in [4.69, 9.17) is 5.73 Å². The normalized spacial score (nSPS) is 11.3. The Morgan fingerprint density at radius 3 is 2.46 bits per heavy atom. The first-order chi connectivity index (χ1) is 13.6. The van der Waals surface area contributed by atoms with E-state index in [1.165, 1.54) is 6.20 Å². The third kappa shape index (κ3) is 4.40. The summed E-state index contributed by atoms with van der Waals surface area (Å²) in [6.07, 6.45) is 5.40. The lowest BCUT2D eigenvalue weighted by Gasteiger charge is -2.15. The van der Waals surface area contributed by atoms with Gasteiger partial charge < -0.3 is 16.4 Å². The number of aromatic nitrogens is 3. The number of carbonyl (C=O) groups excluding carboxylic acids is 1. The molecule has 1 aromatic carbocycles. The number of hydrogen-bond acceptors (Lipinski definition) is 7. The quantitative estimate of drug-likeness (QED) is 0.580. The van der Waals surface area contributed by atoms with Crippen molar-refractivity contribution in [2.45, 2.75) is 19.4 Å². The van der Waals surface area contributed by atoms with Crippen molar-refractivity contribution in [3.63, 3.8) is 0 Å². The van der Waals surface area contributed by atoms with E-state index in [1.807, 2.05) is 49.4 Å². The number of anilines is 3. The first kappa shape index (κ1) is 18.8. The number of nitriles is 1. The van der Waals surface area contributed by atoms with Crippen molar-refractivity contribution in [3.8, 4) is 17.2 Å². The van der Waals surface area contributed by atoms with Crippen molar-refractivity contribution < 1.29 is 4.79 Å². The molecule has 3 rings (SSSR count). The minimum atomic E-state index is -0.560. The van der Waals surface area contributed by atoms with Gasteiger partial charge in [0.25, 0.3) is 0 Å². The van der Waals surface area contributed by atoms with Gasteiger partial charge in [-0.05, 0) is 41.8 Å². The number of amides is 1. The molecule has 2 aromatic heterocycles. The highest BCUT2D eigenvalue weighted by Gasteiger charge is 2.15. The third-order valence-corrected chi connectivity index (χ3v) is 4.11. The Hall–Kier alpha value is -3.99. The van der Waals surface area contributed by atoms with Crippen LogP contribution in [0.2, 0.25) is 0 Å². The third-order valence-electron chi connectivity index (χ3n) is 4.11. The van der Waals surface area contributed by atoms with E-state index in [0.717, 1.165) is 16.8 Å². The molecule has 8 heteroatoms. The van der Waals surface area contributed by atoms with Crippen LogP contribution in [0.1, 0.15) is 19.0 Å². The Balaban J connectivity index is 1.82. The van der Waals surface area contributed by atoms with Gasteiger partial charge >= 0.3 is 0 Å². The molecular formula is C20H19N7O. The molecule has 140 valence electrons. The second kappa shape index (κ2) is 8.60. The number of pyridine rings is 1. The minimum absolute atomic E-state index is 0.149. The largest absolute Gasteiger partial charge is 0.368 e. The molecule has 0 saturated heterocycles. The number of nitrogens with two attached hydrogens (primary N) is 1. The number of benzene rings is 1. The second-order valence-electron chi connectivity index (χ2n) is 6.01. The zero-order chi connectivity index (χ0) is 19.9. The van der Waals surface area contributed by atoms with E-state index in [0.29, 0.717) is 18.1 Å². The average molecular weight is 373 g/mol. The van der Waals surface area contributed by atoms with Crippen molar-refractivity contribution in [3.05, 3.63) is 60.7 Å². The molecule has 1 amide bonds. The van der Waals surface area contributed by atoms with Crippen LogP contribution in [0.25, 0.3) is 11.1 Å². The number of primary amides is 1. The lowest BCUT2D eigenvalue weighted by molar-refractivity contribution is -0.118. The van der Waals surface area contributed by atoms with Gasteiger partial charge in [-0.2, -0.15) is 5.26 Å². The summed E-state index contributed by atoms with van der Waals surface area (Å²) < 4.78 is 0. The second-order valence-corrected chi connectivity index (χ2v) is 6.01. The molecule has 1 unspecified atom stereocenters. The van der Waals surface area contributed by atoms with Crippen molar-refractivity contribution in [1.82, 2.24) is 15.0 Å². The van der Waals surface area contributed by atoms with Crippen LogP contribution in [-0.2, 0) is 4.79 Å². The summed E-state index contributed by atoms with van der Waals surface area (Å²) in [6.45, 7) is 1.84. The van der Waals surface area contributed by atoms with Gasteiger partial charge in [-0.3, -0.25) is 9.78 Å². The monoisotopic (exact) mass is 373 g/mol. The van der Waals surface area contributed by atoms with Crippen LogP contribution < -0.4 is 16.4 Å². The summed E-state index contributed by atoms with van der Waals surface area (Å²) in [5.41, 5.74) is 8.36. The van der Waals surface area contributed by atoms with Gasteiger partial charge in [0, 0.05) is 18.1 Å². The summed E-state index contributed by atoms with van der Waals surface area (Å²) in [4.78, 5) is 23.9. The Morgan fingerprint density at radius 2 is 1.86 bits per heavy atom. The maximum Gasteiger partial charge on any atom is 0.239 e. The molecule has 0 radical (unpaired) electrons. The molecule has 0 aliphatic rings. The van der Waals surface area contributed by atoms with E-state index in [2.05, 4.69) is 25.6 Å². The number of nitrogens with one attached hydrogen (secondary N) is 2. The standard InChI is InChI=1S/C20H19N7O/c1-2-16(19(22)28)26-18-12-24-17(11-21)20(27-18)25-15-5-3-13(4-6-15)14-7-9-23-10-8-14/h3-10,12,16H,2H2,1H3,(H2,22,28)(H2,25,26,27). The van der Waals surface area contributed by atoms with Crippen LogP contribution in [0, 0.1) is 11.3 Å². The molecule has 0 bridgehead atoms. The summed E-state index contributed by atoms with van der Waals surface area (Å²) in [7, 11) is 0. The van der Waals surface area contributed by atoms with Crippen LogP contribution in [0.4, 0.5) is 17.3 Å². The van der Waals surface area contributed by atoms with E-state index >= 15 is 0 Å². The van der Waals surface area contributed by atoms with Crippen LogP contribution in [0.3, 0.4) is 0 Å². The van der Waals surface area contributed by atoms with Gasteiger partial charge in [-0.1, -0.05) is 19.1 Å². The molecule has 0 aliphatic carbocycles. The fraction of sp³-hybridized carbons (Fsp3) is 0.150. The van der Waals surface area contributed by atoms with Crippen molar-refractivity contribution in [2.75, 3.05) is 10.6 Å². The van der Waals surface area contributed by atoms with Crippen LogP contribution in [0.5, 0.6) is 0 Å². The molecule has 0 fully saturated rings. The number of rotatable bonds is 7. The predicted molar refractivity (Wildman–Crippen MR) is 107 cm³/mol. The summed E-state index contributed by atoms with van der Waals surface area (Å²) >= 11 is 0. The summed E-state index contributed by atoms with van der Waals surface area (Å²) in [5, 5.41) is 15.3. The molecular weight excluding hydrogens is 354 g/mol. The molecule has 4 N–H and O–H groups in total. The van der Waals surface area contributed by atoms with Gasteiger partial charge in [0.05, 0.1) is 6.20 Å². The van der Waals surface area contributed by atoms with Crippen molar-refractivity contribution >= 4 is 23.2 Å². The van der Waals surface area contributed by atoms with Crippen LogP contribution in [-0.4, -0.2) is 26.9 Å². The van der Waals surface area contributed by atoms with Gasteiger partial charge in [-0.15, -0.1) is 0 Å². The average Bonchev–Trinajstić information content (AvgIpc) is 2.73. The first-order valence-electron chi connectivity index (χ1n) is 8.71. The molecule has 0 saturated carbocycles. The van der Waals surface area contributed by atoms with E-state index in [9.17, 15) is 10.1 Å². The Morgan fingerprint density at radius 1 is 1.18 bits per heavy atom. The van der Waals surface area contributed by atoms with Crippen molar-refractivity contribution in [1.29, 1.82) is 5.26 Å². The smallest absolute Gasteiger partial charge is 0.239 e. The Labute approximate surface area is 162 Å². The lowest BCUT2D eigenvalue weighted by atomic mass is 10.1. The first-order valence-corrected chi connectivity index (χ1v) is 8.71. The fourth-order valence-corrected chi connectivity index (χ4v) is 2.61. The van der Waals surface area contributed by atoms with E-state index < -0.39 is 11.9 Å². The topological polar surface area (TPSA) is 130 Å². The molecule has 3 aromatic rings. The maximum absolute atomic E-state index is 11.4.